The molecular formula is C21H18N4O4. The summed E-state index contributed by atoms with van der Waals surface area (Å²) in [4.78, 5) is 25.3. The van der Waals surface area contributed by atoms with E-state index in [1.165, 1.54) is 0 Å². The molecule has 4 aromatic rings. The summed E-state index contributed by atoms with van der Waals surface area (Å²) in [6, 6.07) is 16.3. The Bertz CT molecular complexity index is 1240. The van der Waals surface area contributed by atoms with Gasteiger partial charge in [0.05, 0.1) is 12.5 Å². The average molecular weight is 390 g/mol. The monoisotopic (exact) mass is 390 g/mol. The Balaban J connectivity index is 1.78. The number of aryl methyl sites for hydroxylation is 1. The largest absolute Gasteiger partial charge is 0.497 e. The Labute approximate surface area is 165 Å². The lowest BCUT2D eigenvalue weighted by atomic mass is 10.1. The van der Waals surface area contributed by atoms with Crippen LogP contribution < -0.4 is 15.6 Å². The predicted octanol–water partition coefficient (Wildman–Crippen LogP) is 3.01. The maximum atomic E-state index is 12.8. The SMILES string of the molecule is COc1cccc(-c2nn(CC(=O)Nc3ccccc3)c(=O)c3noc(C)c23)c1. The van der Waals surface area contributed by atoms with E-state index in [0.29, 0.717) is 28.3 Å². The maximum Gasteiger partial charge on any atom is 0.297 e. The van der Waals surface area contributed by atoms with Crippen molar-refractivity contribution in [1.82, 2.24) is 14.9 Å². The first-order valence-electron chi connectivity index (χ1n) is 8.93. The number of anilines is 1. The van der Waals surface area contributed by atoms with Crippen molar-refractivity contribution in [3.05, 3.63) is 70.7 Å². The first kappa shape index (κ1) is 18.4. The van der Waals surface area contributed by atoms with Crippen LogP contribution in [0.25, 0.3) is 22.2 Å². The molecule has 0 atom stereocenters. The van der Waals surface area contributed by atoms with E-state index in [-0.39, 0.29) is 18.0 Å². The van der Waals surface area contributed by atoms with E-state index < -0.39 is 5.56 Å². The van der Waals surface area contributed by atoms with E-state index in [1.54, 1.807) is 32.2 Å². The second-order valence-corrected chi connectivity index (χ2v) is 6.42. The minimum absolute atomic E-state index is 0.128. The van der Waals surface area contributed by atoms with Crippen LogP contribution in [-0.2, 0) is 11.3 Å². The Morgan fingerprint density at radius 2 is 1.97 bits per heavy atom. The van der Waals surface area contributed by atoms with Crippen LogP contribution in [0.4, 0.5) is 5.69 Å². The lowest BCUT2D eigenvalue weighted by molar-refractivity contribution is -0.117. The number of carbonyl (C=O) groups excluding carboxylic acids is 1. The average Bonchev–Trinajstić information content (AvgIpc) is 3.13. The van der Waals surface area contributed by atoms with E-state index in [4.69, 9.17) is 9.26 Å². The van der Waals surface area contributed by atoms with Crippen molar-refractivity contribution < 1.29 is 14.1 Å². The van der Waals surface area contributed by atoms with Crippen molar-refractivity contribution in [2.45, 2.75) is 13.5 Å². The summed E-state index contributed by atoms with van der Waals surface area (Å²) in [6.07, 6.45) is 0. The van der Waals surface area contributed by atoms with Gasteiger partial charge in [-0.05, 0) is 31.2 Å². The van der Waals surface area contributed by atoms with E-state index in [1.807, 2.05) is 36.4 Å². The molecule has 0 radical (unpaired) electrons. The number of nitrogens with one attached hydrogen (secondary N) is 1. The number of methoxy groups -OCH3 is 1. The smallest absolute Gasteiger partial charge is 0.297 e. The van der Waals surface area contributed by atoms with E-state index in [0.717, 1.165) is 10.2 Å². The van der Waals surface area contributed by atoms with Gasteiger partial charge in [-0.1, -0.05) is 35.5 Å². The summed E-state index contributed by atoms with van der Waals surface area (Å²) in [5.41, 5.74) is 1.48. The fourth-order valence-corrected chi connectivity index (χ4v) is 3.07. The highest BCUT2D eigenvalue weighted by molar-refractivity contribution is 5.94. The molecule has 0 aliphatic carbocycles. The quantitative estimate of drug-likeness (QED) is 0.562. The Morgan fingerprint density at radius 3 is 2.72 bits per heavy atom. The molecule has 0 bridgehead atoms. The van der Waals surface area contributed by atoms with E-state index in [2.05, 4.69) is 15.6 Å². The molecular weight excluding hydrogens is 372 g/mol. The third-order valence-corrected chi connectivity index (χ3v) is 4.45. The molecule has 29 heavy (non-hydrogen) atoms. The number of hydrogen-bond acceptors (Lipinski definition) is 6. The van der Waals surface area contributed by atoms with Crippen LogP contribution >= 0.6 is 0 Å². The third kappa shape index (κ3) is 3.60. The highest BCUT2D eigenvalue weighted by atomic mass is 16.5. The molecule has 0 fully saturated rings. The molecule has 2 aromatic heterocycles. The van der Waals surface area contributed by atoms with Crippen molar-refractivity contribution in [3.63, 3.8) is 0 Å². The van der Waals surface area contributed by atoms with Crippen LogP contribution in [0.2, 0.25) is 0 Å². The Morgan fingerprint density at radius 1 is 1.17 bits per heavy atom. The highest BCUT2D eigenvalue weighted by Crippen LogP contribution is 2.29. The number of ether oxygens (including phenoxy) is 1. The summed E-state index contributed by atoms with van der Waals surface area (Å²) in [7, 11) is 1.57. The van der Waals surface area contributed by atoms with Gasteiger partial charge in [-0.2, -0.15) is 5.10 Å². The van der Waals surface area contributed by atoms with Crippen LogP contribution in [0.3, 0.4) is 0 Å². The molecule has 0 saturated heterocycles. The summed E-state index contributed by atoms with van der Waals surface area (Å²) >= 11 is 0. The van der Waals surface area contributed by atoms with E-state index >= 15 is 0 Å². The van der Waals surface area contributed by atoms with E-state index in [9.17, 15) is 9.59 Å². The summed E-state index contributed by atoms with van der Waals surface area (Å²) in [6.45, 7) is 1.46. The van der Waals surface area contributed by atoms with Crippen LogP contribution in [0, 0.1) is 6.92 Å². The fourth-order valence-electron chi connectivity index (χ4n) is 3.07. The molecule has 146 valence electrons. The van der Waals surface area contributed by atoms with Crippen LogP contribution in [0.1, 0.15) is 5.76 Å². The second kappa shape index (κ2) is 7.59. The lowest BCUT2D eigenvalue weighted by Gasteiger charge is -2.10. The Kier molecular flexibility index (Phi) is 4.82. The number of aromatic nitrogens is 3. The molecule has 0 saturated carbocycles. The molecule has 2 aromatic carbocycles. The standard InChI is InChI=1S/C21H18N4O4/c1-13-18-19(14-7-6-10-16(11-14)28-2)23-25(21(27)20(18)24-29-13)12-17(26)22-15-8-4-3-5-9-15/h3-11H,12H2,1-2H3,(H,22,26). The van der Waals surface area contributed by atoms with Gasteiger partial charge in [-0.3, -0.25) is 9.59 Å². The van der Waals surface area contributed by atoms with Crippen LogP contribution in [-0.4, -0.2) is 28.0 Å². The number of hydrogen-bond donors (Lipinski definition) is 1. The molecule has 2 heterocycles. The molecule has 1 amide bonds. The van der Waals surface area contributed by atoms with Gasteiger partial charge in [0, 0.05) is 11.3 Å². The Hall–Kier alpha value is -3.94. The second-order valence-electron chi connectivity index (χ2n) is 6.42. The minimum Gasteiger partial charge on any atom is -0.497 e. The molecule has 4 rings (SSSR count). The van der Waals surface area contributed by atoms with Crippen LogP contribution in [0.15, 0.2) is 63.9 Å². The normalized spacial score (nSPS) is 10.8. The highest BCUT2D eigenvalue weighted by Gasteiger charge is 2.20. The van der Waals surface area contributed by atoms with Crippen molar-refractivity contribution in [2.75, 3.05) is 12.4 Å². The van der Waals surface area contributed by atoms with Gasteiger partial charge in [0.25, 0.3) is 5.56 Å². The predicted molar refractivity (Wildman–Crippen MR) is 108 cm³/mol. The summed E-state index contributed by atoms with van der Waals surface area (Å²) in [5.74, 6) is 0.747. The van der Waals surface area contributed by atoms with Gasteiger partial charge < -0.3 is 14.6 Å². The van der Waals surface area contributed by atoms with Gasteiger partial charge in [0.15, 0.2) is 5.52 Å². The van der Waals surface area contributed by atoms with Crippen molar-refractivity contribution >= 4 is 22.5 Å². The lowest BCUT2D eigenvalue weighted by Crippen LogP contribution is -2.30. The van der Waals surface area contributed by atoms with Crippen LogP contribution in [0.5, 0.6) is 5.75 Å². The first-order chi connectivity index (χ1) is 14.1. The number of carbonyl (C=O) groups is 1. The maximum absolute atomic E-state index is 12.8. The van der Waals surface area contributed by atoms with Gasteiger partial charge in [-0.15, -0.1) is 0 Å². The van der Waals surface area contributed by atoms with Gasteiger partial charge in [0.1, 0.15) is 23.7 Å². The molecule has 0 aliphatic rings. The topological polar surface area (TPSA) is 99.2 Å². The van der Waals surface area contributed by atoms with Crippen molar-refractivity contribution in [1.29, 1.82) is 0 Å². The first-order valence-corrected chi connectivity index (χ1v) is 8.93. The molecule has 0 unspecified atom stereocenters. The summed E-state index contributed by atoms with van der Waals surface area (Å²) in [5, 5.41) is 11.6. The molecule has 8 nitrogen and oxygen atoms in total. The number of para-hydroxylation sites is 1. The van der Waals surface area contributed by atoms with Gasteiger partial charge >= 0.3 is 0 Å². The minimum atomic E-state index is -0.494. The zero-order chi connectivity index (χ0) is 20.4. The van der Waals surface area contributed by atoms with Gasteiger partial charge in [0.2, 0.25) is 5.91 Å². The number of fused-ring (bicyclic) bond motifs is 1. The third-order valence-electron chi connectivity index (χ3n) is 4.45. The molecule has 8 heteroatoms. The molecule has 1 N–H and O–H groups in total. The number of amides is 1. The zero-order valence-corrected chi connectivity index (χ0v) is 15.9. The van der Waals surface area contributed by atoms with Gasteiger partial charge in [-0.25, -0.2) is 4.68 Å². The zero-order valence-electron chi connectivity index (χ0n) is 15.9. The molecule has 0 spiro atoms. The van der Waals surface area contributed by atoms with Crippen molar-refractivity contribution in [2.24, 2.45) is 0 Å². The molecule has 0 aliphatic heterocycles. The fraction of sp³-hybridized carbons (Fsp3) is 0.143. The number of nitrogens with zero attached hydrogens (tertiary/aromatic N) is 3. The van der Waals surface area contributed by atoms with Crippen molar-refractivity contribution in [3.8, 4) is 17.0 Å². The number of benzene rings is 2. The number of rotatable bonds is 5. The summed E-state index contributed by atoms with van der Waals surface area (Å²) < 4.78 is 11.6.